The summed E-state index contributed by atoms with van der Waals surface area (Å²) in [4.78, 5) is 0. The molecule has 94 valence electrons. The van der Waals surface area contributed by atoms with Crippen LogP contribution in [0.1, 0.15) is 32.8 Å². The van der Waals surface area contributed by atoms with E-state index >= 15 is 0 Å². The molecule has 4 heteroatoms. The van der Waals surface area contributed by atoms with Gasteiger partial charge in [-0.05, 0) is 29.5 Å². The SMILES string of the molecule is CC(C)(C)c1ccc(N2CCCS2(=O)=O)cc1. The van der Waals surface area contributed by atoms with Crippen LogP contribution in [0.3, 0.4) is 0 Å². The summed E-state index contributed by atoms with van der Waals surface area (Å²) in [6.45, 7) is 7.05. The first kappa shape index (κ1) is 12.4. The summed E-state index contributed by atoms with van der Waals surface area (Å²) in [5, 5.41) is 0. The summed E-state index contributed by atoms with van der Waals surface area (Å²) in [5.74, 6) is 0.272. The Morgan fingerprint density at radius 2 is 1.71 bits per heavy atom. The molecule has 0 aliphatic carbocycles. The number of nitrogens with zero attached hydrogens (tertiary/aromatic N) is 1. The second kappa shape index (κ2) is 4.02. The van der Waals surface area contributed by atoms with Gasteiger partial charge in [-0.1, -0.05) is 32.9 Å². The molecule has 3 nitrogen and oxygen atoms in total. The van der Waals surface area contributed by atoms with Crippen molar-refractivity contribution in [2.24, 2.45) is 0 Å². The number of anilines is 1. The van der Waals surface area contributed by atoms with E-state index in [9.17, 15) is 8.42 Å². The zero-order chi connectivity index (χ0) is 12.7. The fourth-order valence-electron chi connectivity index (χ4n) is 2.06. The summed E-state index contributed by atoms with van der Waals surface area (Å²) in [6.07, 6.45) is 0.726. The topological polar surface area (TPSA) is 37.4 Å². The van der Waals surface area contributed by atoms with Gasteiger partial charge in [0.25, 0.3) is 0 Å². The minimum absolute atomic E-state index is 0.0996. The van der Waals surface area contributed by atoms with Crippen molar-refractivity contribution in [2.45, 2.75) is 32.6 Å². The van der Waals surface area contributed by atoms with Gasteiger partial charge in [0.2, 0.25) is 10.0 Å². The lowest BCUT2D eigenvalue weighted by molar-refractivity contribution is 0.590. The van der Waals surface area contributed by atoms with Crippen LogP contribution in [-0.4, -0.2) is 20.7 Å². The molecule has 2 rings (SSSR count). The molecule has 0 N–H and O–H groups in total. The lowest BCUT2D eigenvalue weighted by Gasteiger charge is -2.21. The third-order valence-electron chi connectivity index (χ3n) is 3.12. The van der Waals surface area contributed by atoms with Crippen LogP contribution in [0.2, 0.25) is 0 Å². The fraction of sp³-hybridized carbons (Fsp3) is 0.538. The second-order valence-corrected chi connectivity index (χ2v) is 7.55. The van der Waals surface area contributed by atoms with Crippen LogP contribution >= 0.6 is 0 Å². The van der Waals surface area contributed by atoms with Crippen molar-refractivity contribution in [1.29, 1.82) is 0 Å². The van der Waals surface area contributed by atoms with Crippen molar-refractivity contribution in [3.8, 4) is 0 Å². The molecule has 0 spiro atoms. The molecule has 0 amide bonds. The summed E-state index contributed by atoms with van der Waals surface area (Å²) < 4.78 is 25.1. The Bertz CT molecular complexity index is 497. The third kappa shape index (κ3) is 2.46. The van der Waals surface area contributed by atoms with Gasteiger partial charge >= 0.3 is 0 Å². The van der Waals surface area contributed by atoms with Crippen molar-refractivity contribution in [3.63, 3.8) is 0 Å². The zero-order valence-corrected chi connectivity index (χ0v) is 11.4. The largest absolute Gasteiger partial charge is 0.270 e. The highest BCUT2D eigenvalue weighted by molar-refractivity contribution is 7.93. The first-order valence-corrected chi connectivity index (χ1v) is 7.52. The van der Waals surface area contributed by atoms with Crippen LogP contribution in [0.4, 0.5) is 5.69 Å². The van der Waals surface area contributed by atoms with E-state index in [0.717, 1.165) is 12.1 Å². The van der Waals surface area contributed by atoms with Crippen LogP contribution in [-0.2, 0) is 15.4 Å². The van der Waals surface area contributed by atoms with Crippen LogP contribution in [0.15, 0.2) is 24.3 Å². The second-order valence-electron chi connectivity index (χ2n) is 5.54. The Hall–Kier alpha value is -1.03. The molecule has 0 atom stereocenters. The highest BCUT2D eigenvalue weighted by Gasteiger charge is 2.28. The van der Waals surface area contributed by atoms with E-state index in [4.69, 9.17) is 0 Å². The lowest BCUT2D eigenvalue weighted by Crippen LogP contribution is -2.25. The summed E-state index contributed by atoms with van der Waals surface area (Å²) in [6, 6.07) is 7.85. The van der Waals surface area contributed by atoms with Crippen molar-refractivity contribution in [1.82, 2.24) is 0 Å². The minimum atomic E-state index is -3.06. The molecule has 1 aromatic carbocycles. The molecule has 1 aliphatic heterocycles. The van der Waals surface area contributed by atoms with Gasteiger partial charge in [-0.3, -0.25) is 4.31 Å². The smallest absolute Gasteiger partial charge is 0.235 e. The van der Waals surface area contributed by atoms with Crippen LogP contribution < -0.4 is 4.31 Å². The van der Waals surface area contributed by atoms with E-state index in [0.29, 0.717) is 6.54 Å². The molecule has 0 radical (unpaired) electrons. The molecular weight excluding hydrogens is 234 g/mol. The molecule has 0 unspecified atom stereocenters. The molecule has 0 aromatic heterocycles. The molecule has 1 aromatic rings. The van der Waals surface area contributed by atoms with Crippen molar-refractivity contribution in [3.05, 3.63) is 29.8 Å². The normalized spacial score (nSPS) is 19.6. The maximum atomic E-state index is 11.8. The molecule has 1 aliphatic rings. The molecule has 0 saturated carbocycles. The Labute approximate surface area is 104 Å². The first-order valence-electron chi connectivity index (χ1n) is 5.92. The monoisotopic (exact) mass is 253 g/mol. The lowest BCUT2D eigenvalue weighted by atomic mass is 9.87. The zero-order valence-electron chi connectivity index (χ0n) is 10.6. The molecule has 1 heterocycles. The van der Waals surface area contributed by atoms with Gasteiger partial charge in [0.1, 0.15) is 0 Å². The molecule has 1 fully saturated rings. The Balaban J connectivity index is 2.31. The van der Waals surface area contributed by atoms with E-state index in [-0.39, 0.29) is 11.2 Å². The van der Waals surface area contributed by atoms with Gasteiger partial charge in [0.05, 0.1) is 11.4 Å². The van der Waals surface area contributed by atoms with Gasteiger partial charge in [0.15, 0.2) is 0 Å². The highest BCUT2D eigenvalue weighted by atomic mass is 32.2. The molecule has 17 heavy (non-hydrogen) atoms. The number of rotatable bonds is 1. The Morgan fingerprint density at radius 3 is 2.12 bits per heavy atom. The summed E-state index contributed by atoms with van der Waals surface area (Å²) >= 11 is 0. The average molecular weight is 253 g/mol. The fourth-order valence-corrected chi connectivity index (χ4v) is 3.62. The third-order valence-corrected chi connectivity index (χ3v) is 4.99. The van der Waals surface area contributed by atoms with E-state index in [2.05, 4.69) is 20.8 Å². The quantitative estimate of drug-likeness (QED) is 0.771. The van der Waals surface area contributed by atoms with E-state index in [1.807, 2.05) is 24.3 Å². The predicted octanol–water partition coefficient (Wildman–Crippen LogP) is 2.52. The van der Waals surface area contributed by atoms with Crippen LogP contribution in [0.5, 0.6) is 0 Å². The van der Waals surface area contributed by atoms with Crippen molar-refractivity contribution < 1.29 is 8.42 Å². The molecule has 0 bridgehead atoms. The van der Waals surface area contributed by atoms with Gasteiger partial charge in [-0.25, -0.2) is 8.42 Å². The van der Waals surface area contributed by atoms with Crippen LogP contribution in [0.25, 0.3) is 0 Å². The number of hydrogen-bond acceptors (Lipinski definition) is 2. The Kier molecular flexibility index (Phi) is 2.94. The van der Waals surface area contributed by atoms with E-state index in [1.165, 1.54) is 9.87 Å². The number of sulfonamides is 1. The molecule has 1 saturated heterocycles. The highest BCUT2D eigenvalue weighted by Crippen LogP contribution is 2.28. The number of benzene rings is 1. The van der Waals surface area contributed by atoms with Gasteiger partial charge in [-0.15, -0.1) is 0 Å². The van der Waals surface area contributed by atoms with Crippen molar-refractivity contribution in [2.75, 3.05) is 16.6 Å². The maximum Gasteiger partial charge on any atom is 0.235 e. The van der Waals surface area contributed by atoms with Crippen molar-refractivity contribution >= 4 is 15.7 Å². The standard InChI is InChI=1S/C13H19NO2S/c1-13(2,3)11-5-7-12(8-6-11)14-9-4-10-17(14,15)16/h5-8H,4,9-10H2,1-3H3. The predicted molar refractivity (Wildman–Crippen MR) is 70.9 cm³/mol. The van der Waals surface area contributed by atoms with E-state index < -0.39 is 10.0 Å². The van der Waals surface area contributed by atoms with Gasteiger partial charge in [0, 0.05) is 6.54 Å². The number of hydrogen-bond donors (Lipinski definition) is 0. The van der Waals surface area contributed by atoms with Gasteiger partial charge < -0.3 is 0 Å². The average Bonchev–Trinajstić information content (AvgIpc) is 2.57. The van der Waals surface area contributed by atoms with E-state index in [1.54, 1.807) is 0 Å². The minimum Gasteiger partial charge on any atom is -0.270 e. The first-order chi connectivity index (χ1) is 7.81. The summed E-state index contributed by atoms with van der Waals surface area (Å²) in [7, 11) is -3.06. The molecular formula is C13H19NO2S. The van der Waals surface area contributed by atoms with Crippen LogP contribution in [0, 0.1) is 0 Å². The summed E-state index contributed by atoms with van der Waals surface area (Å²) in [5.41, 5.74) is 2.11. The Morgan fingerprint density at radius 1 is 1.12 bits per heavy atom. The maximum absolute atomic E-state index is 11.8. The van der Waals surface area contributed by atoms with Gasteiger partial charge in [-0.2, -0.15) is 0 Å².